The number of phenols is 2. The molecule has 2 aromatic carbocycles. The van der Waals surface area contributed by atoms with Crippen LogP contribution in [0.5, 0.6) is 11.5 Å². The molecule has 1 heterocycles. The molecule has 0 aromatic heterocycles. The second-order valence-electron chi connectivity index (χ2n) is 4.83. The van der Waals surface area contributed by atoms with Gasteiger partial charge in [0.1, 0.15) is 11.5 Å². The fourth-order valence-electron chi connectivity index (χ4n) is 2.51. The van der Waals surface area contributed by atoms with E-state index in [4.69, 9.17) is 5.73 Å². The summed E-state index contributed by atoms with van der Waals surface area (Å²) in [5.74, 6) is -0.519. The molecular formula is C15H14N2O3. The summed E-state index contributed by atoms with van der Waals surface area (Å²) in [6.45, 7) is 0.564. The van der Waals surface area contributed by atoms with Gasteiger partial charge in [-0.15, -0.1) is 0 Å². The number of hydrogen-bond donors (Lipinski definition) is 3. The number of carbonyl (C=O) groups excluding carboxylic acids is 1. The molecule has 2 aromatic rings. The van der Waals surface area contributed by atoms with Crippen molar-refractivity contribution < 1.29 is 15.0 Å². The Kier molecular flexibility index (Phi) is 2.75. The first-order valence-corrected chi connectivity index (χ1v) is 6.28. The first kappa shape index (κ1) is 12.3. The van der Waals surface area contributed by atoms with Crippen LogP contribution in [0, 0.1) is 0 Å². The van der Waals surface area contributed by atoms with Gasteiger partial charge in [-0.1, -0.05) is 0 Å². The first-order valence-electron chi connectivity index (χ1n) is 6.28. The number of phenolic OH excluding ortho intramolecular Hbond substituents is 2. The van der Waals surface area contributed by atoms with Crippen molar-refractivity contribution in [1.29, 1.82) is 0 Å². The van der Waals surface area contributed by atoms with E-state index in [1.165, 1.54) is 18.2 Å². The van der Waals surface area contributed by atoms with Gasteiger partial charge in [0.25, 0.3) is 5.91 Å². The van der Waals surface area contributed by atoms with Crippen LogP contribution in [-0.4, -0.2) is 22.7 Å². The molecule has 0 atom stereocenters. The number of anilines is 2. The van der Waals surface area contributed by atoms with Gasteiger partial charge in [-0.05, 0) is 42.3 Å². The van der Waals surface area contributed by atoms with Crippen LogP contribution < -0.4 is 10.6 Å². The first-order chi connectivity index (χ1) is 9.54. The summed E-state index contributed by atoms with van der Waals surface area (Å²) in [5.41, 5.74) is 8.52. The molecule has 3 rings (SSSR count). The molecule has 102 valence electrons. The fourth-order valence-corrected chi connectivity index (χ4v) is 2.51. The summed E-state index contributed by atoms with van der Waals surface area (Å²) in [6, 6.07) is 9.31. The Bertz CT molecular complexity index is 677. The zero-order valence-electron chi connectivity index (χ0n) is 10.7. The van der Waals surface area contributed by atoms with E-state index < -0.39 is 0 Å². The Labute approximate surface area is 115 Å². The molecule has 1 aliphatic heterocycles. The Morgan fingerprint density at radius 3 is 2.50 bits per heavy atom. The fraction of sp³-hybridized carbons (Fsp3) is 0.133. The van der Waals surface area contributed by atoms with Crippen LogP contribution in [-0.2, 0) is 6.42 Å². The van der Waals surface area contributed by atoms with Gasteiger partial charge in [-0.25, -0.2) is 0 Å². The van der Waals surface area contributed by atoms with Gasteiger partial charge in [-0.3, -0.25) is 4.79 Å². The van der Waals surface area contributed by atoms with Crippen molar-refractivity contribution in [3.8, 4) is 11.5 Å². The van der Waals surface area contributed by atoms with E-state index in [-0.39, 0.29) is 23.0 Å². The molecule has 0 bridgehead atoms. The standard InChI is InChI=1S/C15H14N2O3/c16-11-1-2-14-9(5-11)3-4-17(14)15(20)10-6-12(18)8-13(19)7-10/h1-2,5-8,18-19H,3-4,16H2. The molecule has 0 saturated heterocycles. The van der Waals surface area contributed by atoms with E-state index in [1.807, 2.05) is 12.1 Å². The molecule has 0 saturated carbocycles. The summed E-state index contributed by atoms with van der Waals surface area (Å²) in [4.78, 5) is 14.1. The number of carbonyl (C=O) groups is 1. The highest BCUT2D eigenvalue weighted by molar-refractivity contribution is 6.07. The van der Waals surface area contributed by atoms with Crippen molar-refractivity contribution in [2.75, 3.05) is 17.2 Å². The summed E-state index contributed by atoms with van der Waals surface area (Å²) in [6.07, 6.45) is 0.747. The normalized spacial score (nSPS) is 13.3. The average Bonchev–Trinajstić information content (AvgIpc) is 2.79. The molecule has 5 heteroatoms. The molecule has 1 amide bonds. The monoisotopic (exact) mass is 270 g/mol. The molecule has 20 heavy (non-hydrogen) atoms. The van der Waals surface area contributed by atoms with Gasteiger partial charge in [0, 0.05) is 29.5 Å². The second-order valence-corrected chi connectivity index (χ2v) is 4.83. The second kappa shape index (κ2) is 4.45. The number of aromatic hydroxyl groups is 2. The maximum absolute atomic E-state index is 12.5. The lowest BCUT2D eigenvalue weighted by molar-refractivity contribution is 0.0988. The van der Waals surface area contributed by atoms with Crippen molar-refractivity contribution in [2.24, 2.45) is 0 Å². The number of nitrogens with two attached hydrogens (primary N) is 1. The predicted octanol–water partition coefficient (Wildman–Crippen LogP) is 1.88. The SMILES string of the molecule is Nc1ccc2c(c1)CCN2C(=O)c1cc(O)cc(O)c1. The quantitative estimate of drug-likeness (QED) is 0.690. The molecule has 0 spiro atoms. The van der Waals surface area contributed by atoms with Crippen molar-refractivity contribution in [3.05, 3.63) is 47.5 Å². The minimum atomic E-state index is -0.250. The maximum Gasteiger partial charge on any atom is 0.258 e. The Balaban J connectivity index is 1.97. The van der Waals surface area contributed by atoms with E-state index in [2.05, 4.69) is 0 Å². The van der Waals surface area contributed by atoms with Gasteiger partial charge < -0.3 is 20.8 Å². The van der Waals surface area contributed by atoms with Crippen molar-refractivity contribution in [3.63, 3.8) is 0 Å². The maximum atomic E-state index is 12.5. The summed E-state index contributed by atoms with van der Waals surface area (Å²) < 4.78 is 0. The van der Waals surface area contributed by atoms with E-state index in [0.717, 1.165) is 17.7 Å². The third kappa shape index (κ3) is 2.03. The molecule has 1 aliphatic rings. The lowest BCUT2D eigenvalue weighted by Gasteiger charge is -2.17. The van der Waals surface area contributed by atoms with Gasteiger partial charge in [0.15, 0.2) is 0 Å². The topological polar surface area (TPSA) is 86.8 Å². The number of rotatable bonds is 1. The van der Waals surface area contributed by atoms with Gasteiger partial charge in [0.05, 0.1) is 0 Å². The molecule has 0 unspecified atom stereocenters. The van der Waals surface area contributed by atoms with Gasteiger partial charge >= 0.3 is 0 Å². The minimum Gasteiger partial charge on any atom is -0.508 e. The Morgan fingerprint density at radius 2 is 1.80 bits per heavy atom. The van der Waals surface area contributed by atoms with Gasteiger partial charge in [0.2, 0.25) is 0 Å². The zero-order valence-corrected chi connectivity index (χ0v) is 10.7. The zero-order chi connectivity index (χ0) is 14.3. The number of amides is 1. The van der Waals surface area contributed by atoms with Crippen LogP contribution in [0.15, 0.2) is 36.4 Å². The lowest BCUT2D eigenvalue weighted by atomic mass is 10.1. The van der Waals surface area contributed by atoms with Crippen molar-refractivity contribution in [1.82, 2.24) is 0 Å². The van der Waals surface area contributed by atoms with E-state index in [0.29, 0.717) is 12.2 Å². The van der Waals surface area contributed by atoms with Crippen LogP contribution in [0.2, 0.25) is 0 Å². The van der Waals surface area contributed by atoms with Crippen molar-refractivity contribution >= 4 is 17.3 Å². The molecule has 0 aliphatic carbocycles. The third-order valence-electron chi connectivity index (χ3n) is 3.39. The van der Waals surface area contributed by atoms with Crippen LogP contribution in [0.25, 0.3) is 0 Å². The summed E-state index contributed by atoms with van der Waals surface area (Å²) in [5, 5.41) is 18.9. The molecule has 5 nitrogen and oxygen atoms in total. The number of hydrogen-bond acceptors (Lipinski definition) is 4. The molecule has 0 fully saturated rings. The van der Waals surface area contributed by atoms with Crippen LogP contribution >= 0.6 is 0 Å². The molecular weight excluding hydrogens is 256 g/mol. The predicted molar refractivity (Wildman–Crippen MR) is 76.0 cm³/mol. The molecule has 0 radical (unpaired) electrons. The third-order valence-corrected chi connectivity index (χ3v) is 3.39. The highest BCUT2D eigenvalue weighted by Gasteiger charge is 2.26. The van der Waals surface area contributed by atoms with Crippen molar-refractivity contribution in [2.45, 2.75) is 6.42 Å². The largest absolute Gasteiger partial charge is 0.508 e. The Morgan fingerprint density at radius 1 is 1.10 bits per heavy atom. The smallest absolute Gasteiger partial charge is 0.258 e. The number of nitrogens with zero attached hydrogens (tertiary/aromatic N) is 1. The molecule has 4 N–H and O–H groups in total. The number of fused-ring (bicyclic) bond motifs is 1. The highest BCUT2D eigenvalue weighted by atomic mass is 16.3. The summed E-state index contributed by atoms with van der Waals surface area (Å²) >= 11 is 0. The summed E-state index contributed by atoms with van der Waals surface area (Å²) in [7, 11) is 0. The average molecular weight is 270 g/mol. The minimum absolute atomic E-state index is 0.134. The highest BCUT2D eigenvalue weighted by Crippen LogP contribution is 2.31. The number of nitrogen functional groups attached to an aromatic ring is 1. The van der Waals surface area contributed by atoms with E-state index >= 15 is 0 Å². The van der Waals surface area contributed by atoms with Gasteiger partial charge in [-0.2, -0.15) is 0 Å². The van der Waals surface area contributed by atoms with E-state index in [1.54, 1.807) is 11.0 Å². The van der Waals surface area contributed by atoms with E-state index in [9.17, 15) is 15.0 Å². The number of benzene rings is 2. The van der Waals surface area contributed by atoms with Crippen LogP contribution in [0.4, 0.5) is 11.4 Å². The Hall–Kier alpha value is -2.69. The lowest BCUT2D eigenvalue weighted by Crippen LogP contribution is -2.28. The van der Waals surface area contributed by atoms with Crippen LogP contribution in [0.1, 0.15) is 15.9 Å². The van der Waals surface area contributed by atoms with Crippen LogP contribution in [0.3, 0.4) is 0 Å².